The van der Waals surface area contributed by atoms with Crippen LogP contribution in [0.2, 0.25) is 0 Å². The van der Waals surface area contributed by atoms with Gasteiger partial charge in [-0.15, -0.1) is 0 Å². The van der Waals surface area contributed by atoms with Gasteiger partial charge in [0.25, 0.3) is 0 Å². The molecule has 0 bridgehead atoms. The highest BCUT2D eigenvalue weighted by atomic mass is 16.4. The van der Waals surface area contributed by atoms with Gasteiger partial charge < -0.3 is 15.7 Å². The zero-order chi connectivity index (χ0) is 15.5. The number of carbonyl (C=O) groups is 2. The molecule has 0 radical (unpaired) electrons. The van der Waals surface area contributed by atoms with Crippen molar-refractivity contribution in [2.24, 2.45) is 11.1 Å². The van der Waals surface area contributed by atoms with E-state index in [0.717, 1.165) is 25.7 Å². The summed E-state index contributed by atoms with van der Waals surface area (Å²) in [5, 5.41) is 9.39. The SMILES string of the molecule is CCC1(C(=O)O)CCN(C(=O)CC2(N)CCCCC2)CC1. The van der Waals surface area contributed by atoms with Crippen molar-refractivity contribution < 1.29 is 14.7 Å². The number of hydrogen-bond donors (Lipinski definition) is 2. The smallest absolute Gasteiger partial charge is 0.309 e. The fourth-order valence-electron chi connectivity index (χ4n) is 3.75. The summed E-state index contributed by atoms with van der Waals surface area (Å²) in [5.41, 5.74) is 5.38. The third-order valence-corrected chi connectivity index (χ3v) is 5.56. The van der Waals surface area contributed by atoms with Crippen LogP contribution in [-0.4, -0.2) is 40.5 Å². The van der Waals surface area contributed by atoms with Crippen LogP contribution in [0.15, 0.2) is 0 Å². The number of nitrogens with zero attached hydrogens (tertiary/aromatic N) is 1. The Labute approximate surface area is 126 Å². The number of hydrogen-bond acceptors (Lipinski definition) is 3. The third kappa shape index (κ3) is 3.57. The van der Waals surface area contributed by atoms with E-state index in [1.165, 1.54) is 6.42 Å². The molecule has 2 aliphatic rings. The maximum Gasteiger partial charge on any atom is 0.309 e. The fourth-order valence-corrected chi connectivity index (χ4v) is 3.75. The van der Waals surface area contributed by atoms with Gasteiger partial charge in [0.05, 0.1) is 5.41 Å². The fraction of sp³-hybridized carbons (Fsp3) is 0.875. The summed E-state index contributed by atoms with van der Waals surface area (Å²) in [6.07, 6.45) is 7.47. The van der Waals surface area contributed by atoms with Crippen LogP contribution in [0.4, 0.5) is 0 Å². The molecule has 1 amide bonds. The van der Waals surface area contributed by atoms with Gasteiger partial charge in [-0.05, 0) is 32.1 Å². The average Bonchev–Trinajstić information content (AvgIpc) is 2.47. The first-order chi connectivity index (χ1) is 9.91. The lowest BCUT2D eigenvalue weighted by Crippen LogP contribution is -2.50. The Morgan fingerprint density at radius 3 is 2.14 bits per heavy atom. The Balaban J connectivity index is 1.89. The van der Waals surface area contributed by atoms with Crippen LogP contribution in [0.1, 0.15) is 64.7 Å². The monoisotopic (exact) mass is 296 g/mol. The van der Waals surface area contributed by atoms with Crippen molar-refractivity contribution in [3.8, 4) is 0 Å². The highest BCUT2D eigenvalue weighted by molar-refractivity contribution is 5.79. The van der Waals surface area contributed by atoms with E-state index in [2.05, 4.69) is 0 Å². The van der Waals surface area contributed by atoms with Crippen molar-refractivity contribution in [2.75, 3.05) is 13.1 Å². The summed E-state index contributed by atoms with van der Waals surface area (Å²) in [5.74, 6) is -0.617. The largest absolute Gasteiger partial charge is 0.481 e. The van der Waals surface area contributed by atoms with Crippen molar-refractivity contribution >= 4 is 11.9 Å². The second kappa shape index (κ2) is 6.34. The zero-order valence-electron chi connectivity index (χ0n) is 13.1. The molecule has 3 N–H and O–H groups in total. The zero-order valence-corrected chi connectivity index (χ0v) is 13.1. The molecule has 0 aromatic carbocycles. The minimum absolute atomic E-state index is 0.106. The molecular weight excluding hydrogens is 268 g/mol. The first kappa shape index (κ1) is 16.3. The molecule has 2 fully saturated rings. The molecule has 0 aromatic heterocycles. The number of carboxylic acid groups (broad SMARTS) is 1. The van der Waals surface area contributed by atoms with E-state index in [1.54, 1.807) is 0 Å². The molecule has 1 aliphatic carbocycles. The molecule has 0 aromatic rings. The number of carbonyl (C=O) groups excluding carboxylic acids is 1. The lowest BCUT2D eigenvalue weighted by molar-refractivity contribution is -0.155. The summed E-state index contributed by atoms with van der Waals surface area (Å²) in [6.45, 7) is 3.02. The number of piperidine rings is 1. The number of carboxylic acids is 1. The van der Waals surface area contributed by atoms with Crippen LogP contribution >= 0.6 is 0 Å². The second-order valence-corrected chi connectivity index (χ2v) is 6.92. The maximum absolute atomic E-state index is 12.4. The Morgan fingerprint density at radius 2 is 1.67 bits per heavy atom. The summed E-state index contributed by atoms with van der Waals surface area (Å²) < 4.78 is 0. The van der Waals surface area contributed by atoms with Gasteiger partial charge in [-0.2, -0.15) is 0 Å². The molecule has 5 nitrogen and oxygen atoms in total. The lowest BCUT2D eigenvalue weighted by atomic mass is 9.75. The Morgan fingerprint density at radius 1 is 1.10 bits per heavy atom. The minimum Gasteiger partial charge on any atom is -0.481 e. The molecule has 1 aliphatic heterocycles. The molecule has 21 heavy (non-hydrogen) atoms. The van der Waals surface area contributed by atoms with Crippen molar-refractivity contribution in [1.82, 2.24) is 4.90 Å². The highest BCUT2D eigenvalue weighted by Gasteiger charge is 2.41. The third-order valence-electron chi connectivity index (χ3n) is 5.56. The quantitative estimate of drug-likeness (QED) is 0.832. The standard InChI is InChI=1S/C16H28N2O3/c1-2-15(14(20)21)8-10-18(11-9-15)13(19)12-16(17)6-4-3-5-7-16/h2-12,17H2,1H3,(H,20,21). The predicted octanol–water partition coefficient (Wildman–Crippen LogP) is 2.14. The van der Waals surface area contributed by atoms with E-state index in [4.69, 9.17) is 5.73 Å². The van der Waals surface area contributed by atoms with E-state index in [0.29, 0.717) is 38.8 Å². The Hall–Kier alpha value is -1.10. The van der Waals surface area contributed by atoms with Gasteiger partial charge in [-0.1, -0.05) is 26.2 Å². The molecule has 0 atom stereocenters. The summed E-state index contributed by atoms with van der Waals surface area (Å²) in [7, 11) is 0. The van der Waals surface area contributed by atoms with Crippen LogP contribution in [0.3, 0.4) is 0 Å². The maximum atomic E-state index is 12.4. The van der Waals surface area contributed by atoms with E-state index >= 15 is 0 Å². The van der Waals surface area contributed by atoms with Gasteiger partial charge in [-0.3, -0.25) is 9.59 Å². The predicted molar refractivity (Wildman–Crippen MR) is 80.8 cm³/mol. The number of rotatable bonds is 4. The highest BCUT2D eigenvalue weighted by Crippen LogP contribution is 2.36. The molecule has 120 valence electrons. The van der Waals surface area contributed by atoms with Gasteiger partial charge >= 0.3 is 5.97 Å². The van der Waals surface area contributed by atoms with Gasteiger partial charge in [0, 0.05) is 25.0 Å². The second-order valence-electron chi connectivity index (χ2n) is 6.92. The number of likely N-dealkylation sites (tertiary alicyclic amines) is 1. The van der Waals surface area contributed by atoms with Crippen molar-refractivity contribution in [3.63, 3.8) is 0 Å². The van der Waals surface area contributed by atoms with Crippen LogP contribution < -0.4 is 5.73 Å². The van der Waals surface area contributed by atoms with E-state index in [1.807, 2.05) is 11.8 Å². The van der Waals surface area contributed by atoms with Crippen LogP contribution in [0.25, 0.3) is 0 Å². The van der Waals surface area contributed by atoms with Crippen molar-refractivity contribution in [2.45, 2.75) is 70.3 Å². The molecule has 2 rings (SSSR count). The van der Waals surface area contributed by atoms with Crippen molar-refractivity contribution in [1.29, 1.82) is 0 Å². The van der Waals surface area contributed by atoms with Crippen LogP contribution in [0, 0.1) is 5.41 Å². The topological polar surface area (TPSA) is 83.6 Å². The van der Waals surface area contributed by atoms with E-state index in [-0.39, 0.29) is 11.4 Å². The van der Waals surface area contributed by atoms with Gasteiger partial charge in [0.1, 0.15) is 0 Å². The average molecular weight is 296 g/mol. The molecule has 1 saturated carbocycles. The lowest BCUT2D eigenvalue weighted by Gasteiger charge is -2.40. The molecule has 1 saturated heterocycles. The van der Waals surface area contributed by atoms with E-state index < -0.39 is 11.4 Å². The molecule has 0 spiro atoms. The number of nitrogens with two attached hydrogens (primary N) is 1. The van der Waals surface area contributed by atoms with Gasteiger partial charge in [0.15, 0.2) is 0 Å². The Bertz CT molecular complexity index is 394. The molecule has 1 heterocycles. The van der Waals surface area contributed by atoms with Crippen molar-refractivity contribution in [3.05, 3.63) is 0 Å². The summed E-state index contributed by atoms with van der Waals surface area (Å²) >= 11 is 0. The number of aliphatic carboxylic acids is 1. The van der Waals surface area contributed by atoms with E-state index in [9.17, 15) is 14.7 Å². The number of amides is 1. The first-order valence-electron chi connectivity index (χ1n) is 8.21. The minimum atomic E-state index is -0.723. The molecule has 5 heteroatoms. The van der Waals surface area contributed by atoms with Crippen LogP contribution in [0.5, 0.6) is 0 Å². The Kier molecular flexibility index (Phi) is 4.91. The summed E-state index contributed by atoms with van der Waals surface area (Å²) in [6, 6.07) is 0. The van der Waals surface area contributed by atoms with Gasteiger partial charge in [0.2, 0.25) is 5.91 Å². The normalized spacial score (nSPS) is 24.6. The summed E-state index contributed by atoms with van der Waals surface area (Å²) in [4.78, 5) is 25.7. The van der Waals surface area contributed by atoms with Crippen LogP contribution in [-0.2, 0) is 9.59 Å². The molecule has 0 unspecified atom stereocenters. The molecular formula is C16H28N2O3. The first-order valence-corrected chi connectivity index (χ1v) is 8.21. The van der Waals surface area contributed by atoms with Gasteiger partial charge in [-0.25, -0.2) is 0 Å².